The molecule has 0 aromatic heterocycles. The average molecular weight is 253 g/mol. The Hall–Kier alpha value is -2.28. The van der Waals surface area contributed by atoms with Gasteiger partial charge in [-0.15, -0.1) is 0 Å². The van der Waals surface area contributed by atoms with Gasteiger partial charge >= 0.3 is 5.97 Å². The van der Waals surface area contributed by atoms with E-state index in [0.717, 1.165) is 18.2 Å². The third kappa shape index (κ3) is 1.84. The van der Waals surface area contributed by atoms with Crippen molar-refractivity contribution < 1.29 is 29.0 Å². The number of carboxylic acid groups (broad SMARTS) is 1. The van der Waals surface area contributed by atoms with E-state index < -0.39 is 36.1 Å². The summed E-state index contributed by atoms with van der Waals surface area (Å²) in [5, 5.41) is 18.2. The number of anilines is 1. The van der Waals surface area contributed by atoms with E-state index in [2.05, 4.69) is 0 Å². The topological polar surface area (TPSA) is 94.9 Å². The Bertz CT molecular complexity index is 556. The van der Waals surface area contributed by atoms with Crippen LogP contribution in [0, 0.1) is 5.82 Å². The van der Waals surface area contributed by atoms with Crippen molar-refractivity contribution in [3.05, 3.63) is 29.6 Å². The molecule has 94 valence electrons. The molecule has 6 nitrogen and oxygen atoms in total. The number of aliphatic hydroxyl groups excluding tert-OH is 1. The van der Waals surface area contributed by atoms with Gasteiger partial charge in [0.1, 0.15) is 11.9 Å². The van der Waals surface area contributed by atoms with E-state index in [9.17, 15) is 23.9 Å². The third-order valence-corrected chi connectivity index (χ3v) is 2.55. The summed E-state index contributed by atoms with van der Waals surface area (Å²) in [6, 6.07) is 2.64. The van der Waals surface area contributed by atoms with E-state index in [1.165, 1.54) is 0 Å². The van der Waals surface area contributed by atoms with Crippen LogP contribution < -0.4 is 4.90 Å². The zero-order valence-corrected chi connectivity index (χ0v) is 8.96. The number of carboxylic acids is 1. The van der Waals surface area contributed by atoms with Crippen molar-refractivity contribution in [1.82, 2.24) is 0 Å². The van der Waals surface area contributed by atoms with E-state index in [-0.39, 0.29) is 11.3 Å². The van der Waals surface area contributed by atoms with Crippen molar-refractivity contribution in [3.8, 4) is 0 Å². The molecule has 1 saturated heterocycles. The molecular formula is C11H8FNO5. The molecule has 2 amide bonds. The second-order valence-corrected chi connectivity index (χ2v) is 3.75. The van der Waals surface area contributed by atoms with Gasteiger partial charge in [-0.25, -0.2) is 14.1 Å². The van der Waals surface area contributed by atoms with Gasteiger partial charge in [-0.05, 0) is 18.2 Å². The van der Waals surface area contributed by atoms with Crippen LogP contribution in [-0.2, 0) is 9.59 Å². The fourth-order valence-electron chi connectivity index (χ4n) is 1.74. The van der Waals surface area contributed by atoms with Gasteiger partial charge in [-0.2, -0.15) is 0 Å². The van der Waals surface area contributed by atoms with E-state index in [4.69, 9.17) is 5.11 Å². The Morgan fingerprint density at radius 2 is 2.06 bits per heavy atom. The Kier molecular flexibility index (Phi) is 2.84. The van der Waals surface area contributed by atoms with Gasteiger partial charge in [-0.3, -0.25) is 9.59 Å². The number of imide groups is 1. The number of rotatable bonds is 2. The molecule has 7 heteroatoms. The Morgan fingerprint density at radius 3 is 2.56 bits per heavy atom. The fraction of sp³-hybridized carbons (Fsp3) is 0.182. The van der Waals surface area contributed by atoms with Crippen LogP contribution in [0.1, 0.15) is 16.8 Å². The minimum Gasteiger partial charge on any atom is -0.478 e. The van der Waals surface area contributed by atoms with Crippen molar-refractivity contribution in [1.29, 1.82) is 0 Å². The first-order valence-corrected chi connectivity index (χ1v) is 4.99. The number of hydrogen-bond donors (Lipinski definition) is 2. The van der Waals surface area contributed by atoms with Gasteiger partial charge in [0.15, 0.2) is 0 Å². The molecule has 1 heterocycles. The molecule has 1 atom stereocenters. The van der Waals surface area contributed by atoms with Crippen molar-refractivity contribution in [2.45, 2.75) is 12.5 Å². The van der Waals surface area contributed by atoms with Crippen LogP contribution >= 0.6 is 0 Å². The first-order valence-electron chi connectivity index (χ1n) is 4.99. The Labute approximate surface area is 100 Å². The molecule has 0 aliphatic carbocycles. The predicted molar refractivity (Wildman–Crippen MR) is 56.5 cm³/mol. The van der Waals surface area contributed by atoms with Crippen molar-refractivity contribution in [2.75, 3.05) is 4.90 Å². The number of hydrogen-bond acceptors (Lipinski definition) is 4. The average Bonchev–Trinajstić information content (AvgIpc) is 2.52. The third-order valence-electron chi connectivity index (χ3n) is 2.55. The first-order chi connectivity index (χ1) is 8.41. The minimum atomic E-state index is -1.51. The zero-order chi connectivity index (χ0) is 13.4. The largest absolute Gasteiger partial charge is 0.478 e. The highest BCUT2D eigenvalue weighted by Gasteiger charge is 2.40. The molecule has 18 heavy (non-hydrogen) atoms. The molecule has 1 aromatic carbocycles. The summed E-state index contributed by atoms with van der Waals surface area (Å²) < 4.78 is 13.1. The summed E-state index contributed by atoms with van der Waals surface area (Å²) in [6.45, 7) is 0. The molecule has 1 aliphatic heterocycles. The van der Waals surface area contributed by atoms with E-state index >= 15 is 0 Å². The van der Waals surface area contributed by atoms with Gasteiger partial charge in [-0.1, -0.05) is 0 Å². The van der Waals surface area contributed by atoms with Crippen LogP contribution in [0.15, 0.2) is 18.2 Å². The van der Waals surface area contributed by atoms with Gasteiger partial charge < -0.3 is 10.2 Å². The summed E-state index contributed by atoms with van der Waals surface area (Å²) in [5.74, 6) is -3.89. The lowest BCUT2D eigenvalue weighted by Crippen LogP contribution is -2.33. The van der Waals surface area contributed by atoms with E-state index in [1.807, 2.05) is 0 Å². The summed E-state index contributed by atoms with van der Waals surface area (Å²) in [5.41, 5.74) is -0.749. The Balaban J connectivity index is 2.56. The Morgan fingerprint density at radius 1 is 1.39 bits per heavy atom. The quantitative estimate of drug-likeness (QED) is 0.731. The molecule has 2 rings (SSSR count). The molecule has 1 fully saturated rings. The van der Waals surface area contributed by atoms with Gasteiger partial charge in [0.05, 0.1) is 17.7 Å². The highest BCUT2D eigenvalue weighted by molar-refractivity contribution is 6.23. The minimum absolute atomic E-state index is 0.367. The number of nitrogens with zero attached hydrogens (tertiary/aromatic N) is 1. The molecule has 1 aliphatic rings. The molecule has 0 saturated carbocycles. The van der Waals surface area contributed by atoms with Crippen molar-refractivity contribution in [3.63, 3.8) is 0 Å². The highest BCUT2D eigenvalue weighted by Crippen LogP contribution is 2.27. The molecule has 0 radical (unpaired) electrons. The van der Waals surface area contributed by atoms with Crippen LogP contribution in [0.3, 0.4) is 0 Å². The van der Waals surface area contributed by atoms with Gasteiger partial charge in [0, 0.05) is 0 Å². The monoisotopic (exact) mass is 253 g/mol. The molecule has 1 aromatic rings. The van der Waals surface area contributed by atoms with Crippen molar-refractivity contribution >= 4 is 23.5 Å². The molecule has 1 unspecified atom stereocenters. The lowest BCUT2D eigenvalue weighted by molar-refractivity contribution is -0.124. The van der Waals surface area contributed by atoms with Gasteiger partial charge in [0.2, 0.25) is 5.91 Å². The van der Waals surface area contributed by atoms with Crippen LogP contribution in [-0.4, -0.2) is 34.1 Å². The van der Waals surface area contributed by atoms with E-state index in [1.54, 1.807) is 0 Å². The second kappa shape index (κ2) is 4.19. The zero-order valence-electron chi connectivity index (χ0n) is 8.96. The first kappa shape index (κ1) is 12.2. The molecule has 0 bridgehead atoms. The smallest absolute Gasteiger partial charge is 0.337 e. The predicted octanol–water partition coefficient (Wildman–Crippen LogP) is 0.148. The molecule has 2 N–H and O–H groups in total. The normalized spacial score (nSPS) is 19.4. The van der Waals surface area contributed by atoms with Crippen LogP contribution in [0.4, 0.5) is 10.1 Å². The maximum Gasteiger partial charge on any atom is 0.337 e. The van der Waals surface area contributed by atoms with Crippen molar-refractivity contribution in [2.24, 2.45) is 0 Å². The maximum atomic E-state index is 13.1. The number of amides is 2. The number of benzene rings is 1. The highest BCUT2D eigenvalue weighted by atomic mass is 19.1. The summed E-state index contributed by atoms with van der Waals surface area (Å²) in [4.78, 5) is 34.5. The second-order valence-electron chi connectivity index (χ2n) is 3.75. The lowest BCUT2D eigenvalue weighted by atomic mass is 10.1. The van der Waals surface area contributed by atoms with Crippen LogP contribution in [0.25, 0.3) is 0 Å². The number of aromatic carboxylic acids is 1. The standard InChI is InChI=1S/C11H8FNO5/c12-5-1-2-6(11(17)18)7(3-5)13-9(15)4-8(14)10(13)16/h1-3,8,14H,4H2,(H,17,18). The molecular weight excluding hydrogens is 245 g/mol. The number of carbonyl (C=O) groups excluding carboxylic acids is 2. The number of aliphatic hydroxyl groups is 1. The number of halogens is 1. The molecule has 0 spiro atoms. The summed E-state index contributed by atoms with van der Waals surface area (Å²) in [6.07, 6.45) is -1.95. The SMILES string of the molecule is O=C(O)c1ccc(F)cc1N1C(=O)CC(O)C1=O. The van der Waals surface area contributed by atoms with Gasteiger partial charge in [0.25, 0.3) is 5.91 Å². The lowest BCUT2D eigenvalue weighted by Gasteiger charge is -2.16. The summed E-state index contributed by atoms with van der Waals surface area (Å²) >= 11 is 0. The van der Waals surface area contributed by atoms with Crippen LogP contribution in [0.5, 0.6) is 0 Å². The fourth-order valence-corrected chi connectivity index (χ4v) is 1.74. The van der Waals surface area contributed by atoms with Crippen LogP contribution in [0.2, 0.25) is 0 Å². The van der Waals surface area contributed by atoms with E-state index in [0.29, 0.717) is 4.90 Å². The summed E-state index contributed by atoms with van der Waals surface area (Å²) in [7, 11) is 0. The maximum absolute atomic E-state index is 13.1. The number of carbonyl (C=O) groups is 3.